The lowest BCUT2D eigenvalue weighted by molar-refractivity contribution is -0.870. The summed E-state index contributed by atoms with van der Waals surface area (Å²) >= 11 is 0. The number of nitrogens with zero attached hydrogens (tertiary/aromatic N) is 1. The maximum Gasteiger partial charge on any atom is 0.268 e. The van der Waals surface area contributed by atoms with Gasteiger partial charge < -0.3 is 28.8 Å². The summed E-state index contributed by atoms with van der Waals surface area (Å²) in [5.74, 6) is -0.189. The lowest BCUT2D eigenvalue weighted by atomic mass is 10.0. The molecule has 0 aliphatic heterocycles. The summed E-state index contributed by atoms with van der Waals surface area (Å²) < 4.78 is 23.5. The van der Waals surface area contributed by atoms with E-state index < -0.39 is 20.0 Å². The van der Waals surface area contributed by atoms with Gasteiger partial charge in [0.2, 0.25) is 5.91 Å². The van der Waals surface area contributed by atoms with Crippen LogP contribution in [0.5, 0.6) is 0 Å². The van der Waals surface area contributed by atoms with E-state index in [2.05, 4.69) is 31.3 Å². The fourth-order valence-electron chi connectivity index (χ4n) is 10.9. The van der Waals surface area contributed by atoms with Crippen LogP contribution in [-0.4, -0.2) is 68.5 Å². The Morgan fingerprint density at radius 2 is 0.696 bits per heavy atom. The van der Waals surface area contributed by atoms with Gasteiger partial charge in [-0.2, -0.15) is 0 Å². The Balaban J connectivity index is 3.99. The van der Waals surface area contributed by atoms with Gasteiger partial charge in [0, 0.05) is 6.42 Å². The topological polar surface area (TPSA) is 108 Å². The van der Waals surface area contributed by atoms with Crippen LogP contribution in [0.2, 0.25) is 0 Å². The average molecular weight is 1140 g/mol. The van der Waals surface area contributed by atoms with Crippen LogP contribution < -0.4 is 10.2 Å². The smallest absolute Gasteiger partial charge is 0.268 e. The number of carbonyl (C=O) groups is 1. The SMILES string of the molecule is CCCCCCCCCCCCCCCC/C=C\CCCCCCCCCCCCCCCCCCCC(=O)NC(COP(=O)([O-])OCC[N+](C)(C)C)C(O)/C=C/CCCCCCCCCCCCCCCCCCCCCC. The Bertz CT molecular complexity index is 1340. The van der Waals surface area contributed by atoms with Crippen molar-refractivity contribution in [3.8, 4) is 0 Å². The minimum absolute atomic E-state index is 0.00173. The number of allylic oxidation sites excluding steroid dienone is 3. The molecule has 3 atom stereocenters. The minimum Gasteiger partial charge on any atom is -0.756 e. The van der Waals surface area contributed by atoms with Crippen molar-refractivity contribution < 1.29 is 32.9 Å². The number of aliphatic hydroxyl groups excluding tert-OH is 1. The zero-order valence-corrected chi connectivity index (χ0v) is 54.8. The summed E-state index contributed by atoms with van der Waals surface area (Å²) in [7, 11) is 1.28. The maximum absolute atomic E-state index is 13.0. The Morgan fingerprint density at radius 1 is 0.430 bits per heavy atom. The van der Waals surface area contributed by atoms with Gasteiger partial charge in [0.25, 0.3) is 7.82 Å². The van der Waals surface area contributed by atoms with Gasteiger partial charge in [-0.3, -0.25) is 9.36 Å². The molecule has 0 rings (SSSR count). The second kappa shape index (κ2) is 61.5. The molecule has 0 fully saturated rings. The third kappa shape index (κ3) is 64.4. The van der Waals surface area contributed by atoms with Gasteiger partial charge >= 0.3 is 0 Å². The first-order valence-electron chi connectivity index (χ1n) is 35.2. The zero-order valence-electron chi connectivity index (χ0n) is 53.9. The third-order valence-corrected chi connectivity index (χ3v) is 17.4. The van der Waals surface area contributed by atoms with Crippen LogP contribution in [0.3, 0.4) is 0 Å². The number of amides is 1. The molecule has 3 unspecified atom stereocenters. The number of aliphatic hydroxyl groups is 1. The molecular weight excluding hydrogens is 996 g/mol. The number of likely N-dealkylation sites (N-methyl/N-ethyl adjacent to an activating group) is 1. The molecule has 0 radical (unpaired) electrons. The van der Waals surface area contributed by atoms with Gasteiger partial charge in [-0.1, -0.05) is 340 Å². The van der Waals surface area contributed by atoms with Gasteiger partial charge in [0.1, 0.15) is 13.2 Å². The molecule has 470 valence electrons. The summed E-state index contributed by atoms with van der Waals surface area (Å²) in [5, 5.41) is 14.0. The molecular formula is C70H139N2O6P. The van der Waals surface area contributed by atoms with E-state index >= 15 is 0 Å². The third-order valence-electron chi connectivity index (χ3n) is 16.4. The molecule has 8 nitrogen and oxygen atoms in total. The van der Waals surface area contributed by atoms with Gasteiger partial charge in [-0.15, -0.1) is 0 Å². The van der Waals surface area contributed by atoms with Crippen LogP contribution in [0.25, 0.3) is 0 Å². The quantitative estimate of drug-likeness (QED) is 0.0272. The highest BCUT2D eigenvalue weighted by molar-refractivity contribution is 7.45. The molecule has 0 aromatic rings. The highest BCUT2D eigenvalue weighted by Gasteiger charge is 2.23. The fourth-order valence-corrected chi connectivity index (χ4v) is 11.6. The zero-order chi connectivity index (χ0) is 57.7. The molecule has 79 heavy (non-hydrogen) atoms. The van der Waals surface area contributed by atoms with Crippen molar-refractivity contribution in [2.45, 2.75) is 379 Å². The molecule has 0 aliphatic rings. The summed E-state index contributed by atoms with van der Waals surface area (Å²) in [6.45, 7) is 4.71. The highest BCUT2D eigenvalue weighted by Crippen LogP contribution is 2.38. The van der Waals surface area contributed by atoms with E-state index in [1.165, 1.54) is 308 Å². The first kappa shape index (κ1) is 78.0. The van der Waals surface area contributed by atoms with E-state index in [1.54, 1.807) is 6.08 Å². The number of nitrogens with one attached hydrogen (secondary N) is 1. The number of quaternary nitrogens is 1. The highest BCUT2D eigenvalue weighted by atomic mass is 31.2. The van der Waals surface area contributed by atoms with Gasteiger partial charge in [-0.25, -0.2) is 0 Å². The summed E-state index contributed by atoms with van der Waals surface area (Å²) in [4.78, 5) is 25.6. The van der Waals surface area contributed by atoms with Crippen LogP contribution in [0.1, 0.15) is 367 Å². The maximum atomic E-state index is 13.0. The Labute approximate surface area is 494 Å². The number of hydrogen-bond acceptors (Lipinski definition) is 6. The summed E-state index contributed by atoms with van der Waals surface area (Å²) in [5.41, 5.74) is 0. The lowest BCUT2D eigenvalue weighted by Crippen LogP contribution is -2.45. The van der Waals surface area contributed by atoms with E-state index in [1.807, 2.05) is 27.2 Å². The number of carbonyl (C=O) groups excluding carboxylic acids is 1. The first-order chi connectivity index (χ1) is 38.5. The Kier molecular flexibility index (Phi) is 60.7. The second-order valence-electron chi connectivity index (χ2n) is 25.6. The number of rotatable bonds is 66. The molecule has 0 bridgehead atoms. The van der Waals surface area contributed by atoms with Gasteiger partial charge in [0.05, 0.1) is 39.9 Å². The van der Waals surface area contributed by atoms with Crippen molar-refractivity contribution in [3.63, 3.8) is 0 Å². The lowest BCUT2D eigenvalue weighted by Gasteiger charge is -2.29. The minimum atomic E-state index is -4.60. The van der Waals surface area contributed by atoms with Crippen LogP contribution in [0.4, 0.5) is 0 Å². The number of phosphoric acid groups is 1. The van der Waals surface area contributed by atoms with Crippen molar-refractivity contribution in [1.82, 2.24) is 5.32 Å². The van der Waals surface area contributed by atoms with Gasteiger partial charge in [-0.05, 0) is 44.9 Å². The molecule has 0 aliphatic carbocycles. The van der Waals surface area contributed by atoms with E-state index in [0.717, 1.165) is 38.5 Å². The van der Waals surface area contributed by atoms with Crippen LogP contribution in [0.15, 0.2) is 24.3 Å². The summed E-state index contributed by atoms with van der Waals surface area (Å²) in [6, 6.07) is -0.885. The molecule has 0 heterocycles. The second-order valence-corrected chi connectivity index (χ2v) is 27.0. The predicted molar refractivity (Wildman–Crippen MR) is 344 cm³/mol. The van der Waals surface area contributed by atoms with E-state index in [0.29, 0.717) is 17.4 Å². The summed E-state index contributed by atoms with van der Waals surface area (Å²) in [6.07, 6.45) is 80.2. The van der Waals surface area contributed by atoms with Crippen LogP contribution in [-0.2, 0) is 18.4 Å². The average Bonchev–Trinajstić information content (AvgIpc) is 3.42. The Hall–Kier alpha value is -1.02. The number of hydrogen-bond donors (Lipinski definition) is 2. The van der Waals surface area contributed by atoms with E-state index in [-0.39, 0.29) is 19.1 Å². The largest absolute Gasteiger partial charge is 0.756 e. The molecule has 0 saturated heterocycles. The molecule has 0 spiro atoms. The fraction of sp³-hybridized carbons (Fsp3) is 0.929. The van der Waals surface area contributed by atoms with Gasteiger partial charge in [0.15, 0.2) is 0 Å². The molecule has 0 aromatic carbocycles. The van der Waals surface area contributed by atoms with Crippen molar-refractivity contribution >= 4 is 13.7 Å². The predicted octanol–water partition coefficient (Wildman–Crippen LogP) is 21.6. The Morgan fingerprint density at radius 3 is 0.987 bits per heavy atom. The first-order valence-corrected chi connectivity index (χ1v) is 36.7. The van der Waals surface area contributed by atoms with Crippen LogP contribution in [0, 0.1) is 0 Å². The number of unbranched alkanes of at least 4 members (excludes halogenated alkanes) is 51. The van der Waals surface area contributed by atoms with Crippen LogP contribution >= 0.6 is 7.82 Å². The van der Waals surface area contributed by atoms with Crippen molar-refractivity contribution in [3.05, 3.63) is 24.3 Å². The standard InChI is InChI=1S/C70H139N2O6P/c1-6-8-10-12-14-16-18-20-22-24-26-28-30-31-32-33-34-35-36-37-38-39-40-41-42-44-46-48-50-52-54-56-58-60-62-64-70(74)71-68(67-78-79(75,76)77-66-65-72(3,4)5)69(73)63-61-59-57-55-53-51-49-47-45-43-29-27-25-23-21-19-17-15-13-11-9-7-2/h33-34,61,63,68-69,73H,6-32,35-60,62,64-67H2,1-5H3,(H-,71,74,75,76)/b34-33-,63-61+. The molecule has 1 amide bonds. The molecule has 9 heteroatoms. The molecule has 0 aromatic heterocycles. The van der Waals surface area contributed by atoms with Crippen molar-refractivity contribution in [2.75, 3.05) is 40.9 Å². The van der Waals surface area contributed by atoms with Crippen molar-refractivity contribution in [1.29, 1.82) is 0 Å². The monoisotopic (exact) mass is 1140 g/mol. The molecule has 2 N–H and O–H groups in total. The number of phosphoric ester groups is 1. The van der Waals surface area contributed by atoms with E-state index in [9.17, 15) is 19.4 Å². The van der Waals surface area contributed by atoms with Crippen molar-refractivity contribution in [2.24, 2.45) is 0 Å². The van der Waals surface area contributed by atoms with E-state index in [4.69, 9.17) is 9.05 Å². The normalized spacial score (nSPS) is 13.8. The molecule has 0 saturated carbocycles.